The molecule has 0 amide bonds. The fraction of sp³-hybridized carbons (Fsp3) is 0.273. The molecule has 1 aromatic carbocycles. The van der Waals surface area contributed by atoms with E-state index < -0.39 is 11.9 Å². The summed E-state index contributed by atoms with van der Waals surface area (Å²) >= 11 is 0. The van der Waals surface area contributed by atoms with E-state index in [-0.39, 0.29) is 12.4 Å². The second kappa shape index (κ2) is 7.27. The zero-order chi connectivity index (χ0) is 18.8. The van der Waals surface area contributed by atoms with Crippen molar-refractivity contribution in [2.45, 2.75) is 38.7 Å². The minimum atomic E-state index is -0.521. The van der Waals surface area contributed by atoms with Crippen LogP contribution in [0.4, 0.5) is 0 Å². The normalized spacial score (nSPS) is 19.6. The van der Waals surface area contributed by atoms with Gasteiger partial charge in [-0.15, -0.1) is 0 Å². The molecule has 1 N–H and O–H groups in total. The molecule has 1 aromatic heterocycles. The van der Waals surface area contributed by atoms with Crippen molar-refractivity contribution in [2.75, 3.05) is 0 Å². The third-order valence-corrected chi connectivity index (χ3v) is 5.04. The van der Waals surface area contributed by atoms with Gasteiger partial charge in [0.1, 0.15) is 12.4 Å². The zero-order valence-electron chi connectivity index (χ0n) is 15.2. The van der Waals surface area contributed by atoms with Gasteiger partial charge >= 0.3 is 5.97 Å². The van der Waals surface area contributed by atoms with Crippen LogP contribution in [-0.4, -0.2) is 11.8 Å². The van der Waals surface area contributed by atoms with Gasteiger partial charge in [-0.2, -0.15) is 0 Å². The Morgan fingerprint density at radius 3 is 2.74 bits per heavy atom. The summed E-state index contributed by atoms with van der Waals surface area (Å²) in [7, 11) is 0. The van der Waals surface area contributed by atoms with E-state index in [1.54, 1.807) is 18.4 Å². The Morgan fingerprint density at radius 2 is 2.00 bits per heavy atom. The Morgan fingerprint density at radius 1 is 1.19 bits per heavy atom. The van der Waals surface area contributed by atoms with E-state index in [1.165, 1.54) is 0 Å². The lowest BCUT2D eigenvalue weighted by atomic mass is 9.77. The lowest BCUT2D eigenvalue weighted by molar-refractivity contribution is -0.140. The molecular weight excluding hydrogens is 342 g/mol. The Bertz CT molecular complexity index is 922. The Kier molecular flexibility index (Phi) is 4.67. The number of hydrogen-bond donors (Lipinski definition) is 1. The van der Waals surface area contributed by atoms with Gasteiger partial charge in [0, 0.05) is 23.4 Å². The molecule has 2 aliphatic rings. The van der Waals surface area contributed by atoms with Crippen molar-refractivity contribution in [3.05, 3.63) is 82.6 Å². The number of dihydropyridines is 1. The molecule has 27 heavy (non-hydrogen) atoms. The summed E-state index contributed by atoms with van der Waals surface area (Å²) in [6, 6.07) is 13.1. The molecule has 138 valence electrons. The van der Waals surface area contributed by atoms with Gasteiger partial charge in [0.25, 0.3) is 0 Å². The molecule has 2 aromatic rings. The molecule has 0 saturated heterocycles. The number of furan rings is 1. The maximum atomic E-state index is 13.0. The summed E-state index contributed by atoms with van der Waals surface area (Å²) in [6.07, 6.45) is 3.66. The van der Waals surface area contributed by atoms with Crippen molar-refractivity contribution >= 4 is 11.8 Å². The monoisotopic (exact) mass is 363 g/mol. The van der Waals surface area contributed by atoms with Crippen LogP contribution in [-0.2, 0) is 20.9 Å². The molecule has 0 spiro atoms. The fourth-order valence-electron chi connectivity index (χ4n) is 3.79. The molecule has 0 fully saturated rings. The minimum Gasteiger partial charge on any atom is -0.468 e. The number of ether oxygens (including phenoxy) is 1. The Balaban J connectivity index is 1.67. The molecule has 0 unspecified atom stereocenters. The highest BCUT2D eigenvalue weighted by Gasteiger charge is 2.40. The number of ketones is 1. The first-order valence-corrected chi connectivity index (χ1v) is 9.13. The number of rotatable bonds is 4. The van der Waals surface area contributed by atoms with Crippen molar-refractivity contribution in [2.24, 2.45) is 0 Å². The van der Waals surface area contributed by atoms with Gasteiger partial charge in [-0.05, 0) is 37.5 Å². The van der Waals surface area contributed by atoms with Gasteiger partial charge < -0.3 is 14.5 Å². The highest BCUT2D eigenvalue weighted by Crippen LogP contribution is 2.42. The van der Waals surface area contributed by atoms with Gasteiger partial charge in [0.2, 0.25) is 0 Å². The SMILES string of the molecule is CC1=C(C(=O)OCc2ccccc2)[C@@H](c2ccco2)C2=C(CCCC2=O)N1. The smallest absolute Gasteiger partial charge is 0.337 e. The molecule has 1 atom stereocenters. The molecule has 0 radical (unpaired) electrons. The lowest BCUT2D eigenvalue weighted by Crippen LogP contribution is -2.34. The Labute approximate surface area is 157 Å². The number of hydrogen-bond acceptors (Lipinski definition) is 5. The fourth-order valence-corrected chi connectivity index (χ4v) is 3.79. The van der Waals surface area contributed by atoms with Crippen LogP contribution in [0.3, 0.4) is 0 Å². The first kappa shape index (κ1) is 17.3. The van der Waals surface area contributed by atoms with Crippen molar-refractivity contribution in [3.8, 4) is 0 Å². The highest BCUT2D eigenvalue weighted by molar-refractivity contribution is 6.03. The quantitative estimate of drug-likeness (QED) is 0.832. The molecule has 5 nitrogen and oxygen atoms in total. The van der Waals surface area contributed by atoms with Crippen LogP contribution in [0, 0.1) is 0 Å². The summed E-state index contributed by atoms with van der Waals surface area (Å²) in [5.41, 5.74) is 3.59. The van der Waals surface area contributed by atoms with Crippen LogP contribution >= 0.6 is 0 Å². The average molecular weight is 363 g/mol. The summed E-state index contributed by atoms with van der Waals surface area (Å²) in [5.74, 6) is -0.307. The zero-order valence-corrected chi connectivity index (χ0v) is 15.2. The van der Waals surface area contributed by atoms with Gasteiger partial charge in [-0.1, -0.05) is 30.3 Å². The van der Waals surface area contributed by atoms with Crippen LogP contribution in [0.25, 0.3) is 0 Å². The molecule has 2 heterocycles. The van der Waals surface area contributed by atoms with E-state index in [0.29, 0.717) is 29.0 Å². The first-order chi connectivity index (χ1) is 13.1. The van der Waals surface area contributed by atoms with Gasteiger partial charge in [0.15, 0.2) is 5.78 Å². The largest absolute Gasteiger partial charge is 0.468 e. The topological polar surface area (TPSA) is 68.5 Å². The third kappa shape index (κ3) is 3.33. The predicted molar refractivity (Wildman–Crippen MR) is 99.4 cm³/mol. The van der Waals surface area contributed by atoms with Crippen LogP contribution in [0.1, 0.15) is 43.4 Å². The lowest BCUT2D eigenvalue weighted by Gasteiger charge is -2.32. The summed E-state index contributed by atoms with van der Waals surface area (Å²) in [4.78, 5) is 25.6. The Hall–Kier alpha value is -3.08. The molecule has 1 aliphatic heterocycles. The van der Waals surface area contributed by atoms with E-state index in [1.807, 2.05) is 37.3 Å². The van der Waals surface area contributed by atoms with Crippen LogP contribution in [0.2, 0.25) is 0 Å². The number of Topliss-reactive ketones (excluding diaryl/α,β-unsaturated/α-hetero) is 1. The van der Waals surface area contributed by atoms with Crippen molar-refractivity contribution < 1.29 is 18.7 Å². The maximum absolute atomic E-state index is 13.0. The standard InChI is InChI=1S/C22H21NO4/c1-14-19(22(25)27-13-15-7-3-2-4-8-15)21(18-11-6-12-26-18)20-16(23-14)9-5-10-17(20)24/h2-4,6-8,11-12,21,23H,5,9-10,13H2,1H3/t21-/m1/s1. The minimum absolute atomic E-state index is 0.0611. The third-order valence-electron chi connectivity index (χ3n) is 5.04. The molecule has 0 bridgehead atoms. The van der Waals surface area contributed by atoms with Crippen molar-refractivity contribution in [1.82, 2.24) is 5.32 Å². The van der Waals surface area contributed by atoms with E-state index >= 15 is 0 Å². The van der Waals surface area contributed by atoms with Gasteiger partial charge in [-0.3, -0.25) is 4.79 Å². The molecule has 5 heteroatoms. The van der Waals surface area contributed by atoms with E-state index in [4.69, 9.17) is 9.15 Å². The van der Waals surface area contributed by atoms with Crippen LogP contribution in [0.5, 0.6) is 0 Å². The second-order valence-corrected chi connectivity index (χ2v) is 6.84. The molecular formula is C22H21NO4. The number of esters is 1. The summed E-state index contributed by atoms with van der Waals surface area (Å²) in [5, 5.41) is 3.27. The maximum Gasteiger partial charge on any atom is 0.337 e. The number of benzene rings is 1. The summed E-state index contributed by atoms with van der Waals surface area (Å²) in [6.45, 7) is 2.03. The van der Waals surface area contributed by atoms with Crippen LogP contribution < -0.4 is 5.32 Å². The second-order valence-electron chi connectivity index (χ2n) is 6.84. The van der Waals surface area contributed by atoms with E-state index in [9.17, 15) is 9.59 Å². The highest BCUT2D eigenvalue weighted by atomic mass is 16.5. The number of nitrogens with one attached hydrogen (secondary N) is 1. The van der Waals surface area contributed by atoms with Crippen molar-refractivity contribution in [1.29, 1.82) is 0 Å². The molecule has 1 aliphatic carbocycles. The van der Waals surface area contributed by atoms with Crippen LogP contribution in [0.15, 0.2) is 75.7 Å². The van der Waals surface area contributed by atoms with Gasteiger partial charge in [-0.25, -0.2) is 4.79 Å². The first-order valence-electron chi connectivity index (χ1n) is 9.13. The number of carbonyl (C=O) groups is 2. The molecule has 0 saturated carbocycles. The summed E-state index contributed by atoms with van der Waals surface area (Å²) < 4.78 is 11.2. The average Bonchev–Trinajstić information content (AvgIpc) is 3.20. The predicted octanol–water partition coefficient (Wildman–Crippen LogP) is 3.99. The molecule has 4 rings (SSSR count). The number of carbonyl (C=O) groups excluding carboxylic acids is 2. The van der Waals surface area contributed by atoms with Crippen molar-refractivity contribution in [3.63, 3.8) is 0 Å². The van der Waals surface area contributed by atoms with E-state index in [0.717, 1.165) is 24.1 Å². The van der Waals surface area contributed by atoms with E-state index in [2.05, 4.69) is 5.32 Å². The number of allylic oxidation sites excluding steroid dienone is 3. The van der Waals surface area contributed by atoms with Gasteiger partial charge in [0.05, 0.1) is 17.8 Å².